The summed E-state index contributed by atoms with van der Waals surface area (Å²) in [6, 6.07) is -0.142. The first-order valence-electron chi connectivity index (χ1n) is 11.3. The summed E-state index contributed by atoms with van der Waals surface area (Å²) < 4.78 is 35.0. The van der Waals surface area contributed by atoms with E-state index in [4.69, 9.17) is 4.74 Å². The van der Waals surface area contributed by atoms with E-state index in [9.17, 15) is 23.2 Å². The van der Waals surface area contributed by atoms with Crippen molar-refractivity contribution in [2.24, 2.45) is 11.8 Å². The fourth-order valence-corrected chi connectivity index (χ4v) is 5.79. The SMILES string of the molecule is Cc1c(CNCC(=O)OC(C)(C)C)sc2c1c(=O)n([C@H]1C[C@@H]1C)c(=O)n2CC1CC(F)(F)C1. The third-order valence-corrected chi connectivity index (χ3v) is 7.65. The quantitative estimate of drug-likeness (QED) is 0.609. The van der Waals surface area contributed by atoms with Crippen molar-refractivity contribution in [3.63, 3.8) is 0 Å². The third-order valence-electron chi connectivity index (χ3n) is 6.33. The second kappa shape index (κ2) is 8.30. The average Bonchev–Trinajstić information content (AvgIpc) is 3.26. The largest absolute Gasteiger partial charge is 0.459 e. The first-order valence-corrected chi connectivity index (χ1v) is 12.2. The molecular formula is C23H31F2N3O4S. The average molecular weight is 484 g/mol. The number of alkyl halides is 2. The van der Waals surface area contributed by atoms with E-state index < -0.39 is 17.2 Å². The number of nitrogens with zero attached hydrogens (tertiary/aromatic N) is 2. The molecule has 0 radical (unpaired) electrons. The maximum atomic E-state index is 13.4. The number of ether oxygens (including phenoxy) is 1. The standard InChI is InChI=1S/C23H31F2N3O4S/c1-12-6-15(12)28-19(30)18-13(2)16(9-26-10-17(29)32-22(3,4)5)33-20(18)27(21(28)31)11-14-7-23(24,25)8-14/h12,14-15,26H,6-11H2,1-5H3/t12-,15-/m0/s1. The Morgan fingerprint density at radius 3 is 2.45 bits per heavy atom. The number of carbonyl (C=O) groups excluding carboxylic acids is 1. The van der Waals surface area contributed by atoms with Gasteiger partial charge in [0, 0.05) is 36.9 Å². The van der Waals surface area contributed by atoms with E-state index in [2.05, 4.69) is 5.32 Å². The molecule has 4 rings (SSSR count). The molecule has 182 valence electrons. The van der Waals surface area contributed by atoms with Crippen LogP contribution in [0.2, 0.25) is 0 Å². The summed E-state index contributed by atoms with van der Waals surface area (Å²) in [5.74, 6) is -3.10. The van der Waals surface area contributed by atoms with Crippen LogP contribution in [0.4, 0.5) is 8.78 Å². The molecule has 2 saturated carbocycles. The van der Waals surface area contributed by atoms with E-state index in [0.717, 1.165) is 16.9 Å². The highest BCUT2D eigenvalue weighted by molar-refractivity contribution is 7.18. The normalized spacial score (nSPS) is 22.4. The molecule has 7 nitrogen and oxygen atoms in total. The molecule has 0 unspecified atom stereocenters. The first kappa shape index (κ1) is 24.1. The van der Waals surface area contributed by atoms with Gasteiger partial charge in [-0.1, -0.05) is 6.92 Å². The molecule has 0 amide bonds. The van der Waals surface area contributed by atoms with Gasteiger partial charge in [0.1, 0.15) is 10.4 Å². The highest BCUT2D eigenvalue weighted by Gasteiger charge is 2.46. The zero-order chi connectivity index (χ0) is 24.3. The number of aromatic nitrogens is 2. The summed E-state index contributed by atoms with van der Waals surface area (Å²) in [5, 5.41) is 3.52. The van der Waals surface area contributed by atoms with Crippen LogP contribution in [0.5, 0.6) is 0 Å². The van der Waals surface area contributed by atoms with Gasteiger partial charge in [-0.2, -0.15) is 0 Å². The predicted octanol–water partition coefficient (Wildman–Crippen LogP) is 3.59. The zero-order valence-electron chi connectivity index (χ0n) is 19.7. The molecule has 33 heavy (non-hydrogen) atoms. The smallest absolute Gasteiger partial charge is 0.332 e. The van der Waals surface area contributed by atoms with Crippen molar-refractivity contribution in [3.05, 3.63) is 31.3 Å². The molecule has 0 saturated heterocycles. The number of nitrogens with one attached hydrogen (secondary N) is 1. The van der Waals surface area contributed by atoms with Gasteiger partial charge in [0.15, 0.2) is 0 Å². The molecule has 2 aromatic rings. The van der Waals surface area contributed by atoms with Gasteiger partial charge < -0.3 is 10.1 Å². The number of fused-ring (bicyclic) bond motifs is 1. The van der Waals surface area contributed by atoms with Crippen LogP contribution in [-0.2, 0) is 22.6 Å². The minimum absolute atomic E-state index is 0.0126. The Labute approximate surface area is 194 Å². The molecule has 10 heteroatoms. The van der Waals surface area contributed by atoms with Gasteiger partial charge in [-0.25, -0.2) is 13.6 Å². The highest BCUT2D eigenvalue weighted by Crippen LogP contribution is 2.44. The van der Waals surface area contributed by atoms with Crippen molar-refractivity contribution >= 4 is 27.5 Å². The minimum Gasteiger partial charge on any atom is -0.459 e. The van der Waals surface area contributed by atoms with Crippen LogP contribution in [0.25, 0.3) is 10.2 Å². The van der Waals surface area contributed by atoms with Crippen LogP contribution in [0.3, 0.4) is 0 Å². The Bertz CT molecular complexity index is 1200. The first-order chi connectivity index (χ1) is 15.3. The molecule has 2 aromatic heterocycles. The lowest BCUT2D eigenvalue weighted by Crippen LogP contribution is -2.44. The van der Waals surface area contributed by atoms with Gasteiger partial charge in [-0.05, 0) is 51.5 Å². The molecule has 2 atom stereocenters. The molecule has 0 spiro atoms. The van der Waals surface area contributed by atoms with E-state index in [1.165, 1.54) is 20.5 Å². The van der Waals surface area contributed by atoms with Crippen molar-refractivity contribution in [2.45, 2.75) is 84.5 Å². The van der Waals surface area contributed by atoms with Crippen LogP contribution in [-0.4, -0.2) is 33.2 Å². The Morgan fingerprint density at radius 2 is 1.91 bits per heavy atom. The molecule has 2 aliphatic carbocycles. The fourth-order valence-electron chi connectivity index (χ4n) is 4.52. The fraction of sp³-hybridized carbons (Fsp3) is 0.696. The molecule has 2 fully saturated rings. The molecular weight excluding hydrogens is 452 g/mol. The van der Waals surface area contributed by atoms with Gasteiger partial charge in [-0.15, -0.1) is 11.3 Å². The predicted molar refractivity (Wildman–Crippen MR) is 123 cm³/mol. The van der Waals surface area contributed by atoms with Gasteiger partial charge in [-0.3, -0.25) is 18.7 Å². The van der Waals surface area contributed by atoms with Gasteiger partial charge in [0.2, 0.25) is 5.92 Å². The summed E-state index contributed by atoms with van der Waals surface area (Å²) in [6.45, 7) is 9.73. The van der Waals surface area contributed by atoms with Crippen LogP contribution in [0, 0.1) is 18.8 Å². The van der Waals surface area contributed by atoms with Crippen LogP contribution < -0.4 is 16.6 Å². The molecule has 0 aromatic carbocycles. The number of halogens is 2. The van der Waals surface area contributed by atoms with Crippen LogP contribution >= 0.6 is 11.3 Å². The van der Waals surface area contributed by atoms with E-state index in [1.807, 2.05) is 13.8 Å². The molecule has 2 heterocycles. The number of esters is 1. The van der Waals surface area contributed by atoms with Gasteiger partial charge in [0.25, 0.3) is 5.56 Å². The summed E-state index contributed by atoms with van der Waals surface area (Å²) in [4.78, 5) is 40.0. The van der Waals surface area contributed by atoms with Gasteiger partial charge >= 0.3 is 11.7 Å². The topological polar surface area (TPSA) is 82.3 Å². The molecule has 0 bridgehead atoms. The number of thiophene rings is 1. The van der Waals surface area contributed by atoms with Crippen molar-refractivity contribution in [3.8, 4) is 0 Å². The molecule has 0 aliphatic heterocycles. The minimum atomic E-state index is -2.67. The lowest BCUT2D eigenvalue weighted by molar-refractivity contribution is -0.153. The highest BCUT2D eigenvalue weighted by atomic mass is 32.1. The van der Waals surface area contributed by atoms with Gasteiger partial charge in [0.05, 0.1) is 11.9 Å². The third kappa shape index (κ3) is 4.91. The van der Waals surface area contributed by atoms with E-state index in [0.29, 0.717) is 16.8 Å². The molecule has 1 N–H and O–H groups in total. The number of hydrogen-bond donors (Lipinski definition) is 1. The lowest BCUT2D eigenvalue weighted by atomic mass is 9.81. The Kier molecular flexibility index (Phi) is 6.05. The Morgan fingerprint density at radius 1 is 1.27 bits per heavy atom. The number of aryl methyl sites for hydroxylation is 1. The summed E-state index contributed by atoms with van der Waals surface area (Å²) in [6.07, 6.45) is 0.277. The van der Waals surface area contributed by atoms with E-state index >= 15 is 0 Å². The summed E-state index contributed by atoms with van der Waals surface area (Å²) >= 11 is 1.31. The number of rotatable bonds is 7. The van der Waals surface area contributed by atoms with E-state index in [-0.39, 0.29) is 55.3 Å². The number of carbonyl (C=O) groups is 1. The van der Waals surface area contributed by atoms with Crippen molar-refractivity contribution < 1.29 is 18.3 Å². The Hall–Kier alpha value is -2.07. The lowest BCUT2D eigenvalue weighted by Gasteiger charge is -2.35. The second-order valence-electron chi connectivity index (χ2n) is 10.5. The van der Waals surface area contributed by atoms with Crippen LogP contribution in [0.1, 0.15) is 63.4 Å². The zero-order valence-corrected chi connectivity index (χ0v) is 20.5. The monoisotopic (exact) mass is 483 g/mol. The maximum Gasteiger partial charge on any atom is 0.332 e. The Balaban J connectivity index is 1.65. The summed E-state index contributed by atoms with van der Waals surface area (Å²) in [7, 11) is 0. The van der Waals surface area contributed by atoms with Crippen molar-refractivity contribution in [1.29, 1.82) is 0 Å². The van der Waals surface area contributed by atoms with Crippen LogP contribution in [0.15, 0.2) is 9.59 Å². The van der Waals surface area contributed by atoms with Crippen molar-refractivity contribution in [1.82, 2.24) is 14.5 Å². The number of hydrogen-bond acceptors (Lipinski definition) is 6. The second-order valence-corrected chi connectivity index (χ2v) is 11.6. The molecule has 2 aliphatic rings. The van der Waals surface area contributed by atoms with Crippen molar-refractivity contribution in [2.75, 3.05) is 6.54 Å². The maximum absolute atomic E-state index is 13.4. The van der Waals surface area contributed by atoms with E-state index in [1.54, 1.807) is 20.8 Å². The summed E-state index contributed by atoms with van der Waals surface area (Å²) in [5.41, 5.74) is -0.546.